The molecule has 3 aromatic carbocycles. The maximum Gasteiger partial charge on any atom is 0.253 e. The van der Waals surface area contributed by atoms with E-state index in [0.717, 1.165) is 0 Å². The minimum absolute atomic E-state index is 0.0599. The van der Waals surface area contributed by atoms with Gasteiger partial charge in [0.1, 0.15) is 40.4 Å². The molecule has 1 amide bonds. The lowest BCUT2D eigenvalue weighted by Gasteiger charge is -2.32. The topological polar surface area (TPSA) is 86.9 Å². The molecule has 0 aliphatic carbocycles. The molecule has 1 atom stereocenters. The number of ether oxygens (including phenoxy) is 1. The van der Waals surface area contributed by atoms with Gasteiger partial charge < -0.3 is 19.6 Å². The molecule has 7 nitrogen and oxygen atoms in total. The van der Waals surface area contributed by atoms with Crippen molar-refractivity contribution in [3.05, 3.63) is 89.0 Å². The number of nitrogens with zero attached hydrogens (tertiary/aromatic N) is 3. The number of hydrogen-bond acceptors (Lipinski definition) is 4. The number of amides is 1. The van der Waals surface area contributed by atoms with E-state index in [1.54, 1.807) is 42.2 Å². The first-order valence-electron chi connectivity index (χ1n) is 12.5. The average molecular weight is 538 g/mol. The summed E-state index contributed by atoms with van der Waals surface area (Å²) in [6.45, 7) is 2.79. The lowest BCUT2D eigenvalue weighted by atomic mass is 10.1. The number of halogens is 4. The molecule has 11 heteroatoms. The zero-order chi connectivity index (χ0) is 27.3. The maximum absolute atomic E-state index is 14.1. The number of carbonyl (C=O) groups excluding carboxylic acids is 1. The normalized spacial score (nSPS) is 15.3. The van der Waals surface area contributed by atoms with Gasteiger partial charge in [-0.2, -0.15) is 0 Å². The highest BCUT2D eigenvalue weighted by atomic mass is 19.2. The van der Waals surface area contributed by atoms with E-state index in [-0.39, 0.29) is 34.7 Å². The monoisotopic (exact) mass is 537 g/mol. The Kier molecular flexibility index (Phi) is 6.20. The summed E-state index contributed by atoms with van der Waals surface area (Å²) in [5, 5.41) is 0. The molecule has 0 saturated carbocycles. The predicted octanol–water partition coefficient (Wildman–Crippen LogP) is 5.83. The molecule has 0 radical (unpaired) electrons. The van der Waals surface area contributed by atoms with Crippen LogP contribution in [-0.2, 0) is 0 Å². The van der Waals surface area contributed by atoms with E-state index in [1.165, 1.54) is 12.1 Å². The number of fused-ring (bicyclic) bond motifs is 2. The average Bonchev–Trinajstić information content (AvgIpc) is 3.58. The molecular weight excluding hydrogens is 514 g/mol. The van der Waals surface area contributed by atoms with E-state index < -0.39 is 23.4 Å². The van der Waals surface area contributed by atoms with E-state index in [1.807, 2.05) is 0 Å². The third-order valence-corrected chi connectivity index (χ3v) is 7.04. The largest absolute Gasteiger partial charge is 0.490 e. The number of rotatable bonds is 5. The minimum atomic E-state index is -1.30. The van der Waals surface area contributed by atoms with Crippen LogP contribution < -0.4 is 4.74 Å². The Morgan fingerprint density at radius 1 is 0.949 bits per heavy atom. The molecule has 200 valence electrons. The van der Waals surface area contributed by atoms with Gasteiger partial charge in [-0.25, -0.2) is 27.5 Å². The summed E-state index contributed by atoms with van der Waals surface area (Å²) in [5.74, 6) is -3.14. The van der Waals surface area contributed by atoms with Gasteiger partial charge >= 0.3 is 0 Å². The van der Waals surface area contributed by atoms with Gasteiger partial charge in [-0.15, -0.1) is 0 Å². The molecule has 3 heterocycles. The van der Waals surface area contributed by atoms with Crippen molar-refractivity contribution >= 4 is 28.0 Å². The fourth-order valence-electron chi connectivity index (χ4n) is 4.85. The van der Waals surface area contributed by atoms with Crippen LogP contribution in [0.2, 0.25) is 0 Å². The lowest BCUT2D eigenvalue weighted by Crippen LogP contribution is -2.41. The van der Waals surface area contributed by atoms with Crippen LogP contribution in [0.4, 0.5) is 17.6 Å². The number of piperidine rings is 1. The first kappa shape index (κ1) is 24.9. The zero-order valence-corrected chi connectivity index (χ0v) is 20.8. The molecule has 1 unspecified atom stereocenters. The fourth-order valence-corrected chi connectivity index (χ4v) is 4.85. The molecule has 1 fully saturated rings. The summed E-state index contributed by atoms with van der Waals surface area (Å²) in [5.41, 5.74) is 1.10. The molecule has 5 aromatic rings. The Morgan fingerprint density at radius 2 is 1.67 bits per heavy atom. The Labute approximate surface area is 219 Å². The number of likely N-dealkylation sites (tertiary alicyclic amines) is 1. The SMILES string of the molecule is CC(c1nc2ccc(C(=O)N3CCC(Oc4ccc(F)cc4)CC3)cc2[nH]1)c1nc2c(F)cc(F)c(F)c2[nH]1. The molecule has 0 spiro atoms. The van der Waals surface area contributed by atoms with Crippen molar-refractivity contribution in [3.8, 4) is 5.75 Å². The highest BCUT2D eigenvalue weighted by Gasteiger charge is 2.26. The molecule has 1 aliphatic heterocycles. The summed E-state index contributed by atoms with van der Waals surface area (Å²) < 4.78 is 60.9. The van der Waals surface area contributed by atoms with Crippen LogP contribution in [0.15, 0.2) is 48.5 Å². The Bertz CT molecular complexity index is 1690. The minimum Gasteiger partial charge on any atom is -0.490 e. The quantitative estimate of drug-likeness (QED) is 0.218. The second-order valence-electron chi connectivity index (χ2n) is 9.64. The molecule has 1 saturated heterocycles. The number of imidazole rings is 2. The molecule has 2 aromatic heterocycles. The van der Waals surface area contributed by atoms with Crippen LogP contribution in [0, 0.1) is 23.3 Å². The van der Waals surface area contributed by atoms with Crippen molar-refractivity contribution in [1.29, 1.82) is 0 Å². The number of carbonyl (C=O) groups is 1. The van der Waals surface area contributed by atoms with E-state index in [2.05, 4.69) is 19.9 Å². The van der Waals surface area contributed by atoms with Crippen LogP contribution in [0.5, 0.6) is 5.75 Å². The van der Waals surface area contributed by atoms with Crippen molar-refractivity contribution in [2.45, 2.75) is 31.8 Å². The van der Waals surface area contributed by atoms with Gasteiger partial charge in [0.05, 0.1) is 17.0 Å². The second-order valence-corrected chi connectivity index (χ2v) is 9.64. The zero-order valence-electron chi connectivity index (χ0n) is 20.8. The lowest BCUT2D eigenvalue weighted by molar-refractivity contribution is 0.0595. The summed E-state index contributed by atoms with van der Waals surface area (Å²) in [6.07, 6.45) is 1.25. The van der Waals surface area contributed by atoms with E-state index >= 15 is 0 Å². The number of benzene rings is 3. The number of H-pyrrole nitrogens is 2. The number of aromatic nitrogens is 4. The van der Waals surface area contributed by atoms with Crippen molar-refractivity contribution in [1.82, 2.24) is 24.8 Å². The predicted molar refractivity (Wildman–Crippen MR) is 136 cm³/mol. The van der Waals surface area contributed by atoms with Gasteiger partial charge in [0, 0.05) is 37.6 Å². The van der Waals surface area contributed by atoms with Crippen molar-refractivity contribution in [3.63, 3.8) is 0 Å². The molecule has 39 heavy (non-hydrogen) atoms. The van der Waals surface area contributed by atoms with Gasteiger partial charge in [0.25, 0.3) is 5.91 Å². The van der Waals surface area contributed by atoms with Crippen LogP contribution in [0.25, 0.3) is 22.1 Å². The Balaban J connectivity index is 1.16. The van der Waals surface area contributed by atoms with Crippen LogP contribution in [-0.4, -0.2) is 49.9 Å². The third kappa shape index (κ3) is 4.68. The smallest absolute Gasteiger partial charge is 0.253 e. The van der Waals surface area contributed by atoms with Crippen LogP contribution in [0.3, 0.4) is 0 Å². The highest BCUT2D eigenvalue weighted by Crippen LogP contribution is 2.28. The molecule has 1 aliphatic rings. The van der Waals surface area contributed by atoms with E-state index in [9.17, 15) is 22.4 Å². The summed E-state index contributed by atoms with van der Waals surface area (Å²) in [4.78, 5) is 29.5. The first-order valence-corrected chi connectivity index (χ1v) is 12.5. The first-order chi connectivity index (χ1) is 18.8. The van der Waals surface area contributed by atoms with E-state index in [0.29, 0.717) is 60.2 Å². The van der Waals surface area contributed by atoms with Crippen molar-refractivity contribution < 1.29 is 27.1 Å². The van der Waals surface area contributed by atoms with Gasteiger partial charge in [-0.3, -0.25) is 4.79 Å². The summed E-state index contributed by atoms with van der Waals surface area (Å²) >= 11 is 0. The molecular formula is C28H23F4N5O2. The van der Waals surface area contributed by atoms with Crippen LogP contribution >= 0.6 is 0 Å². The van der Waals surface area contributed by atoms with Gasteiger partial charge in [-0.05, 0) is 49.4 Å². The van der Waals surface area contributed by atoms with Gasteiger partial charge in [-0.1, -0.05) is 0 Å². The molecule has 6 rings (SSSR count). The molecule has 2 N–H and O–H groups in total. The molecule has 0 bridgehead atoms. The van der Waals surface area contributed by atoms with Crippen LogP contribution in [0.1, 0.15) is 47.7 Å². The number of nitrogens with one attached hydrogen (secondary N) is 2. The standard InChI is InChI=1S/C28H23F4N5O2/c1-14(27-35-24-20(31)13-19(30)23(32)25(24)36-27)26-33-21-7-2-15(12-22(21)34-26)28(38)37-10-8-18(9-11-37)39-17-5-3-16(29)4-6-17/h2-7,12-14,18H,8-11H2,1H3,(H,33,34)(H,35,36). The van der Waals surface area contributed by atoms with Crippen molar-refractivity contribution in [2.24, 2.45) is 0 Å². The second kappa shape index (κ2) is 9.72. The van der Waals surface area contributed by atoms with E-state index in [4.69, 9.17) is 4.74 Å². The maximum atomic E-state index is 14.1. The highest BCUT2D eigenvalue weighted by molar-refractivity contribution is 5.97. The van der Waals surface area contributed by atoms with Gasteiger partial charge in [0.2, 0.25) is 0 Å². The Morgan fingerprint density at radius 3 is 2.41 bits per heavy atom. The number of aromatic amines is 2. The number of hydrogen-bond donors (Lipinski definition) is 2. The Hall–Kier alpha value is -4.41. The third-order valence-electron chi connectivity index (χ3n) is 7.04. The van der Waals surface area contributed by atoms with Crippen molar-refractivity contribution in [2.75, 3.05) is 13.1 Å². The fraction of sp³-hybridized carbons (Fsp3) is 0.250. The van der Waals surface area contributed by atoms with Gasteiger partial charge in [0.15, 0.2) is 17.5 Å². The summed E-state index contributed by atoms with van der Waals surface area (Å²) in [7, 11) is 0. The summed E-state index contributed by atoms with van der Waals surface area (Å²) in [6, 6.07) is 11.5.